The number of fused-ring (bicyclic) bond motifs is 5. The zero-order valence-corrected chi connectivity index (χ0v) is 14.6. The van der Waals surface area contributed by atoms with Crippen molar-refractivity contribution >= 4 is 0 Å². The molecule has 0 saturated heterocycles. The minimum absolute atomic E-state index is 0.308. The van der Waals surface area contributed by atoms with Gasteiger partial charge in [-0.1, -0.05) is 79.6 Å². The normalized spacial score (nSPS) is 17.9. The highest BCUT2D eigenvalue weighted by Crippen LogP contribution is 2.56. The Balaban J connectivity index is 1.68. The summed E-state index contributed by atoms with van der Waals surface area (Å²) in [5.41, 5.74) is 7.95. The maximum Gasteiger partial charge on any atom is 0.0215 e. The number of allylic oxidation sites excluding steroid dienone is 4. The Hall–Kier alpha value is -2.08. The largest absolute Gasteiger partial charge is 0.0877 e. The highest BCUT2D eigenvalue weighted by molar-refractivity contribution is 5.81. The van der Waals surface area contributed by atoms with Gasteiger partial charge in [0.15, 0.2) is 0 Å². The Kier molecular flexibility index (Phi) is 4.14. The van der Waals surface area contributed by atoms with Crippen LogP contribution >= 0.6 is 0 Å². The zero-order chi connectivity index (χ0) is 16.4. The Labute approximate surface area is 145 Å². The van der Waals surface area contributed by atoms with E-state index in [2.05, 4.69) is 73.7 Å². The SMILES string of the molecule is CC=CC=CCCc1ccc2c(c1)C1(CCCC1)c1ccccc1-2. The van der Waals surface area contributed by atoms with Crippen LogP contribution in [0.1, 0.15) is 55.7 Å². The second-order valence-electron chi connectivity index (χ2n) is 7.21. The lowest BCUT2D eigenvalue weighted by Crippen LogP contribution is -2.20. The van der Waals surface area contributed by atoms with Crippen molar-refractivity contribution in [1.29, 1.82) is 0 Å². The van der Waals surface area contributed by atoms with Crippen molar-refractivity contribution in [3.8, 4) is 11.1 Å². The van der Waals surface area contributed by atoms with Crippen molar-refractivity contribution in [3.05, 3.63) is 83.5 Å². The van der Waals surface area contributed by atoms with E-state index in [1.54, 1.807) is 11.1 Å². The quantitative estimate of drug-likeness (QED) is 0.558. The molecule has 2 aromatic rings. The fraction of sp³-hybridized carbons (Fsp3) is 0.333. The second-order valence-corrected chi connectivity index (χ2v) is 7.21. The molecule has 0 aromatic heterocycles. The van der Waals surface area contributed by atoms with Gasteiger partial charge in [-0.25, -0.2) is 0 Å². The van der Waals surface area contributed by atoms with Crippen LogP contribution in [0.25, 0.3) is 11.1 Å². The summed E-state index contributed by atoms with van der Waals surface area (Å²) in [6.07, 6.45) is 16.2. The summed E-state index contributed by atoms with van der Waals surface area (Å²) in [6, 6.07) is 16.3. The maximum atomic E-state index is 2.52. The minimum Gasteiger partial charge on any atom is -0.0877 e. The molecule has 122 valence electrons. The summed E-state index contributed by atoms with van der Waals surface area (Å²) >= 11 is 0. The standard InChI is InChI=1S/C24H26/c1-2-3-4-5-6-11-19-14-15-21-20-12-7-8-13-22(20)24(23(21)18-19)16-9-10-17-24/h2-5,7-8,12-15,18H,6,9-11,16-17H2,1H3. The molecule has 0 radical (unpaired) electrons. The van der Waals surface area contributed by atoms with Crippen LogP contribution in [0.3, 0.4) is 0 Å². The summed E-state index contributed by atoms with van der Waals surface area (Å²) in [6.45, 7) is 2.06. The maximum absolute atomic E-state index is 2.52. The van der Waals surface area contributed by atoms with Crippen molar-refractivity contribution in [2.75, 3.05) is 0 Å². The van der Waals surface area contributed by atoms with Crippen LogP contribution in [-0.4, -0.2) is 0 Å². The van der Waals surface area contributed by atoms with E-state index in [-0.39, 0.29) is 0 Å². The third kappa shape index (κ3) is 2.45. The lowest BCUT2D eigenvalue weighted by atomic mass is 9.76. The Morgan fingerprint density at radius 2 is 1.71 bits per heavy atom. The average Bonchev–Trinajstić information content (AvgIpc) is 3.21. The highest BCUT2D eigenvalue weighted by atomic mass is 14.5. The smallest absolute Gasteiger partial charge is 0.0215 e. The van der Waals surface area contributed by atoms with Gasteiger partial charge in [0, 0.05) is 5.41 Å². The third-order valence-electron chi connectivity index (χ3n) is 5.83. The highest BCUT2D eigenvalue weighted by Gasteiger charge is 2.44. The molecular formula is C24H26. The first-order valence-electron chi connectivity index (χ1n) is 9.36. The molecular weight excluding hydrogens is 288 g/mol. The lowest BCUT2D eigenvalue weighted by molar-refractivity contribution is 0.549. The first-order chi connectivity index (χ1) is 11.8. The molecule has 0 nitrogen and oxygen atoms in total. The fourth-order valence-electron chi connectivity index (χ4n) is 4.71. The number of rotatable bonds is 4. The molecule has 0 atom stereocenters. The molecule has 2 aliphatic carbocycles. The molecule has 1 spiro atoms. The van der Waals surface area contributed by atoms with E-state index in [4.69, 9.17) is 0 Å². The van der Waals surface area contributed by atoms with Gasteiger partial charge in [-0.3, -0.25) is 0 Å². The molecule has 0 heteroatoms. The molecule has 4 rings (SSSR count). The van der Waals surface area contributed by atoms with E-state index < -0.39 is 0 Å². The topological polar surface area (TPSA) is 0 Å². The van der Waals surface area contributed by atoms with Crippen LogP contribution < -0.4 is 0 Å². The van der Waals surface area contributed by atoms with Gasteiger partial charge >= 0.3 is 0 Å². The number of benzene rings is 2. The molecule has 2 aromatic carbocycles. The van der Waals surface area contributed by atoms with Crippen LogP contribution in [-0.2, 0) is 11.8 Å². The predicted octanol–water partition coefficient (Wildman–Crippen LogP) is 6.59. The predicted molar refractivity (Wildman–Crippen MR) is 103 cm³/mol. The van der Waals surface area contributed by atoms with Gasteiger partial charge in [-0.15, -0.1) is 0 Å². The van der Waals surface area contributed by atoms with Gasteiger partial charge in [-0.2, -0.15) is 0 Å². The summed E-state index contributed by atoms with van der Waals surface area (Å²) < 4.78 is 0. The lowest BCUT2D eigenvalue weighted by Gasteiger charge is -2.26. The molecule has 0 aliphatic heterocycles. The van der Waals surface area contributed by atoms with Gasteiger partial charge in [0.25, 0.3) is 0 Å². The van der Waals surface area contributed by atoms with Gasteiger partial charge in [0.2, 0.25) is 0 Å². The van der Waals surface area contributed by atoms with E-state index in [9.17, 15) is 0 Å². The zero-order valence-electron chi connectivity index (χ0n) is 14.6. The molecule has 0 amide bonds. The van der Waals surface area contributed by atoms with Crippen LogP contribution in [0.2, 0.25) is 0 Å². The van der Waals surface area contributed by atoms with E-state index >= 15 is 0 Å². The molecule has 0 heterocycles. The first-order valence-corrected chi connectivity index (χ1v) is 9.36. The van der Waals surface area contributed by atoms with E-state index in [1.807, 2.05) is 0 Å². The van der Waals surface area contributed by atoms with Crippen LogP contribution in [0, 0.1) is 0 Å². The van der Waals surface area contributed by atoms with Crippen LogP contribution in [0.5, 0.6) is 0 Å². The molecule has 0 N–H and O–H groups in total. The van der Waals surface area contributed by atoms with Gasteiger partial charge in [0.05, 0.1) is 0 Å². The monoisotopic (exact) mass is 314 g/mol. The van der Waals surface area contributed by atoms with Gasteiger partial charge in [-0.05, 0) is 60.4 Å². The molecule has 0 bridgehead atoms. The van der Waals surface area contributed by atoms with Crippen LogP contribution in [0.4, 0.5) is 0 Å². The first kappa shape index (κ1) is 15.4. The van der Waals surface area contributed by atoms with Crippen molar-refractivity contribution in [1.82, 2.24) is 0 Å². The second kappa shape index (κ2) is 6.43. The number of aryl methyl sites for hydroxylation is 1. The molecule has 1 saturated carbocycles. The van der Waals surface area contributed by atoms with Gasteiger partial charge in [0.1, 0.15) is 0 Å². The van der Waals surface area contributed by atoms with Crippen molar-refractivity contribution in [2.45, 2.75) is 50.9 Å². The minimum atomic E-state index is 0.308. The average molecular weight is 314 g/mol. The van der Waals surface area contributed by atoms with Crippen molar-refractivity contribution in [2.24, 2.45) is 0 Å². The van der Waals surface area contributed by atoms with Crippen molar-refractivity contribution in [3.63, 3.8) is 0 Å². The summed E-state index contributed by atoms with van der Waals surface area (Å²) in [5, 5.41) is 0. The van der Waals surface area contributed by atoms with E-state index in [0.717, 1.165) is 12.8 Å². The molecule has 24 heavy (non-hydrogen) atoms. The summed E-state index contributed by atoms with van der Waals surface area (Å²) in [4.78, 5) is 0. The summed E-state index contributed by atoms with van der Waals surface area (Å²) in [5.74, 6) is 0. The molecule has 1 fully saturated rings. The van der Waals surface area contributed by atoms with E-state index in [0.29, 0.717) is 5.41 Å². The van der Waals surface area contributed by atoms with Gasteiger partial charge < -0.3 is 0 Å². The van der Waals surface area contributed by atoms with E-state index in [1.165, 1.54) is 42.4 Å². The number of hydrogen-bond donors (Lipinski definition) is 0. The van der Waals surface area contributed by atoms with Crippen LogP contribution in [0.15, 0.2) is 66.8 Å². The number of hydrogen-bond acceptors (Lipinski definition) is 0. The Morgan fingerprint density at radius 3 is 2.54 bits per heavy atom. The van der Waals surface area contributed by atoms with Crippen molar-refractivity contribution < 1.29 is 0 Å². The Bertz CT molecular complexity index is 785. The molecule has 0 unspecified atom stereocenters. The third-order valence-corrected chi connectivity index (χ3v) is 5.83. The summed E-state index contributed by atoms with van der Waals surface area (Å²) in [7, 11) is 0. The fourth-order valence-corrected chi connectivity index (χ4v) is 4.71. The molecule has 2 aliphatic rings. The Morgan fingerprint density at radius 1 is 0.917 bits per heavy atom.